The van der Waals surface area contributed by atoms with E-state index in [4.69, 9.17) is 9.15 Å². The van der Waals surface area contributed by atoms with Crippen LogP contribution in [0.15, 0.2) is 34.7 Å². The number of carbonyl (C=O) groups excluding carboxylic acids is 1. The van der Waals surface area contributed by atoms with Gasteiger partial charge in [0.15, 0.2) is 5.76 Å². The van der Waals surface area contributed by atoms with Crippen molar-refractivity contribution < 1.29 is 27.8 Å². The highest BCUT2D eigenvalue weighted by atomic mass is 19.1. The van der Waals surface area contributed by atoms with Gasteiger partial charge in [0.25, 0.3) is 5.91 Å². The van der Waals surface area contributed by atoms with Crippen LogP contribution in [0.5, 0.6) is 0 Å². The topological polar surface area (TPSA) is 71.7 Å². The third kappa shape index (κ3) is 3.69. The number of carbonyl (C=O) groups is 1. The zero-order valence-electron chi connectivity index (χ0n) is 11.8. The molecule has 0 saturated heterocycles. The SMILES string of the molecule is COCc1ccc(C(=O)NCC(O)c2c(F)cccc2F)o1. The van der Waals surface area contributed by atoms with Gasteiger partial charge in [0.2, 0.25) is 0 Å². The van der Waals surface area contributed by atoms with Crippen molar-refractivity contribution in [3.63, 3.8) is 0 Å². The van der Waals surface area contributed by atoms with Crippen LogP contribution in [0.4, 0.5) is 8.78 Å². The number of furan rings is 1. The van der Waals surface area contributed by atoms with Crippen LogP contribution in [-0.4, -0.2) is 24.7 Å². The Bertz CT molecular complexity index is 636. The lowest BCUT2D eigenvalue weighted by molar-refractivity contribution is 0.0876. The normalized spacial score (nSPS) is 12.2. The molecule has 0 radical (unpaired) electrons. The minimum absolute atomic E-state index is 0.0215. The van der Waals surface area contributed by atoms with Gasteiger partial charge >= 0.3 is 0 Å². The van der Waals surface area contributed by atoms with E-state index in [1.54, 1.807) is 6.07 Å². The van der Waals surface area contributed by atoms with Gasteiger partial charge in [0, 0.05) is 13.7 Å². The average Bonchev–Trinajstić information content (AvgIpc) is 2.93. The van der Waals surface area contributed by atoms with Gasteiger partial charge in [-0.2, -0.15) is 0 Å². The van der Waals surface area contributed by atoms with Crippen molar-refractivity contribution in [3.05, 3.63) is 59.1 Å². The summed E-state index contributed by atoms with van der Waals surface area (Å²) in [4.78, 5) is 11.8. The van der Waals surface area contributed by atoms with Crippen molar-refractivity contribution in [2.75, 3.05) is 13.7 Å². The van der Waals surface area contributed by atoms with Gasteiger partial charge in [-0.1, -0.05) is 6.07 Å². The van der Waals surface area contributed by atoms with Gasteiger partial charge in [0.05, 0.1) is 5.56 Å². The van der Waals surface area contributed by atoms with E-state index >= 15 is 0 Å². The molecule has 1 aromatic carbocycles. The summed E-state index contributed by atoms with van der Waals surface area (Å²) < 4.78 is 37.0. The average molecular weight is 311 g/mol. The van der Waals surface area contributed by atoms with E-state index in [1.807, 2.05) is 0 Å². The second-order valence-corrected chi connectivity index (χ2v) is 4.56. The number of hydrogen-bond acceptors (Lipinski definition) is 4. The largest absolute Gasteiger partial charge is 0.453 e. The van der Waals surface area contributed by atoms with Crippen molar-refractivity contribution >= 4 is 5.91 Å². The lowest BCUT2D eigenvalue weighted by Gasteiger charge is -2.13. The Hall–Kier alpha value is -2.25. The maximum Gasteiger partial charge on any atom is 0.287 e. The van der Waals surface area contributed by atoms with Gasteiger partial charge < -0.3 is 19.6 Å². The molecule has 118 valence electrons. The molecule has 1 heterocycles. The second-order valence-electron chi connectivity index (χ2n) is 4.56. The standard InChI is InChI=1S/C15H15F2NO4/c1-21-8-9-5-6-13(22-9)15(20)18-7-12(19)14-10(16)3-2-4-11(14)17/h2-6,12,19H,7-8H2,1H3,(H,18,20). The van der Waals surface area contributed by atoms with Crippen molar-refractivity contribution in [3.8, 4) is 0 Å². The summed E-state index contributed by atoms with van der Waals surface area (Å²) in [5.41, 5.74) is -0.484. The zero-order chi connectivity index (χ0) is 16.1. The molecular formula is C15H15F2NO4. The first-order valence-corrected chi connectivity index (χ1v) is 6.50. The third-order valence-corrected chi connectivity index (χ3v) is 2.96. The Morgan fingerprint density at radius 1 is 1.32 bits per heavy atom. The molecule has 2 rings (SSSR count). The summed E-state index contributed by atoms with van der Waals surface area (Å²) in [5.74, 6) is -1.86. The lowest BCUT2D eigenvalue weighted by atomic mass is 10.1. The Balaban J connectivity index is 1.98. The van der Waals surface area contributed by atoms with Crippen molar-refractivity contribution in [1.29, 1.82) is 0 Å². The van der Waals surface area contributed by atoms with E-state index in [0.717, 1.165) is 12.1 Å². The van der Waals surface area contributed by atoms with Crippen LogP contribution in [-0.2, 0) is 11.3 Å². The van der Waals surface area contributed by atoms with Crippen molar-refractivity contribution in [1.82, 2.24) is 5.32 Å². The number of rotatable bonds is 6. The Morgan fingerprint density at radius 3 is 2.64 bits per heavy atom. The van der Waals surface area contributed by atoms with Crippen LogP contribution in [0.1, 0.15) is 28.0 Å². The first kappa shape index (κ1) is 16.1. The van der Waals surface area contributed by atoms with Gasteiger partial charge in [0.1, 0.15) is 30.1 Å². The number of methoxy groups -OCH3 is 1. The number of ether oxygens (including phenoxy) is 1. The number of hydrogen-bond donors (Lipinski definition) is 2. The summed E-state index contributed by atoms with van der Waals surface area (Å²) in [7, 11) is 1.49. The van der Waals surface area contributed by atoms with E-state index in [2.05, 4.69) is 5.32 Å². The monoisotopic (exact) mass is 311 g/mol. The maximum atomic E-state index is 13.5. The second kappa shape index (κ2) is 7.15. The summed E-state index contributed by atoms with van der Waals surface area (Å²) in [6.45, 7) is -0.132. The van der Waals surface area contributed by atoms with Crippen molar-refractivity contribution in [2.45, 2.75) is 12.7 Å². The molecule has 1 atom stereocenters. The first-order chi connectivity index (χ1) is 10.5. The number of nitrogens with one attached hydrogen (secondary N) is 1. The molecule has 1 unspecified atom stereocenters. The van der Waals surface area contributed by atoms with E-state index < -0.39 is 29.2 Å². The molecule has 5 nitrogen and oxygen atoms in total. The highest BCUT2D eigenvalue weighted by Crippen LogP contribution is 2.20. The molecule has 0 aliphatic carbocycles. The predicted molar refractivity (Wildman–Crippen MR) is 73.1 cm³/mol. The van der Waals surface area contributed by atoms with Crippen LogP contribution < -0.4 is 5.32 Å². The Morgan fingerprint density at radius 2 is 2.00 bits per heavy atom. The Kier molecular flexibility index (Phi) is 5.24. The van der Waals surface area contributed by atoms with Gasteiger partial charge in [-0.3, -0.25) is 4.79 Å². The smallest absolute Gasteiger partial charge is 0.287 e. The summed E-state index contributed by atoms with van der Waals surface area (Å²) in [6.07, 6.45) is -1.50. The van der Waals surface area contributed by atoms with E-state index in [0.29, 0.717) is 5.76 Å². The van der Waals surface area contributed by atoms with Gasteiger partial charge in [-0.05, 0) is 24.3 Å². The summed E-state index contributed by atoms with van der Waals surface area (Å²) >= 11 is 0. The van der Waals surface area contributed by atoms with Crippen LogP contribution in [0, 0.1) is 11.6 Å². The fraction of sp³-hybridized carbons (Fsp3) is 0.267. The molecule has 0 bridgehead atoms. The minimum atomic E-state index is -1.50. The highest BCUT2D eigenvalue weighted by Gasteiger charge is 2.19. The number of amides is 1. The van der Waals surface area contributed by atoms with Crippen molar-refractivity contribution in [2.24, 2.45) is 0 Å². The number of aliphatic hydroxyl groups excluding tert-OH is 1. The minimum Gasteiger partial charge on any atom is -0.453 e. The van der Waals surface area contributed by atoms with E-state index in [1.165, 1.54) is 19.2 Å². The molecule has 0 fully saturated rings. The molecule has 7 heteroatoms. The number of halogens is 2. The maximum absolute atomic E-state index is 13.5. The van der Waals surface area contributed by atoms with Crippen LogP contribution in [0.2, 0.25) is 0 Å². The molecule has 0 aliphatic heterocycles. The Labute approximate surface area is 125 Å². The number of benzene rings is 1. The lowest BCUT2D eigenvalue weighted by Crippen LogP contribution is -2.28. The molecule has 22 heavy (non-hydrogen) atoms. The summed E-state index contributed by atoms with van der Waals surface area (Å²) in [5, 5.41) is 12.2. The van der Waals surface area contributed by atoms with Gasteiger partial charge in [-0.15, -0.1) is 0 Å². The quantitative estimate of drug-likeness (QED) is 0.857. The molecular weight excluding hydrogens is 296 g/mol. The molecule has 0 aliphatic rings. The predicted octanol–water partition coefficient (Wildman–Crippen LogP) is 2.17. The van der Waals surface area contributed by atoms with E-state index in [9.17, 15) is 18.7 Å². The van der Waals surface area contributed by atoms with Gasteiger partial charge in [-0.25, -0.2) is 8.78 Å². The molecule has 2 N–H and O–H groups in total. The van der Waals surface area contributed by atoms with Crippen LogP contribution >= 0.6 is 0 Å². The molecule has 2 aromatic rings. The first-order valence-electron chi connectivity index (χ1n) is 6.50. The molecule has 1 amide bonds. The summed E-state index contributed by atoms with van der Waals surface area (Å²) in [6, 6.07) is 6.28. The fourth-order valence-electron chi connectivity index (χ4n) is 1.93. The fourth-order valence-corrected chi connectivity index (χ4v) is 1.93. The third-order valence-electron chi connectivity index (χ3n) is 2.96. The number of aliphatic hydroxyl groups is 1. The zero-order valence-corrected chi connectivity index (χ0v) is 11.8. The molecule has 1 aromatic heterocycles. The highest BCUT2D eigenvalue weighted by molar-refractivity contribution is 5.91. The molecule has 0 spiro atoms. The van der Waals surface area contributed by atoms with E-state index in [-0.39, 0.29) is 18.9 Å². The van der Waals surface area contributed by atoms with Crippen LogP contribution in [0.25, 0.3) is 0 Å². The van der Waals surface area contributed by atoms with Crippen LogP contribution in [0.3, 0.4) is 0 Å². The molecule has 0 saturated carbocycles.